The Morgan fingerprint density at radius 1 is 1.35 bits per heavy atom. The zero-order valence-electron chi connectivity index (χ0n) is 12.4. The normalized spacial score (nSPS) is 10.9. The summed E-state index contributed by atoms with van der Waals surface area (Å²) >= 11 is 6.01. The first-order valence-corrected chi connectivity index (χ1v) is 7.52. The number of benzene rings is 1. The molecule has 0 amide bonds. The Bertz CT molecular complexity index is 859. The van der Waals surface area contributed by atoms with Crippen LogP contribution in [0.25, 0.3) is 10.9 Å². The molecule has 2 aromatic heterocycles. The van der Waals surface area contributed by atoms with Gasteiger partial charge < -0.3 is 9.30 Å². The van der Waals surface area contributed by atoms with Crippen molar-refractivity contribution in [2.75, 3.05) is 7.11 Å². The average molecular weight is 333 g/mol. The number of aromatic nitrogens is 2. The number of alkyl halides is 1. The first-order chi connectivity index (χ1) is 11.1. The maximum atomic E-state index is 13.0. The SMILES string of the molecule is COC(=O)c1cc2c(CCl)cn(Cc3ccc(F)cc3)c2cn1. The number of fused-ring (bicyclic) bond motifs is 1. The Morgan fingerprint density at radius 2 is 2.09 bits per heavy atom. The van der Waals surface area contributed by atoms with Crippen molar-refractivity contribution in [2.45, 2.75) is 12.4 Å². The number of methoxy groups -OCH3 is 1. The van der Waals surface area contributed by atoms with Crippen LogP contribution in [0.1, 0.15) is 21.6 Å². The van der Waals surface area contributed by atoms with Crippen LogP contribution < -0.4 is 0 Å². The molecule has 0 bridgehead atoms. The first-order valence-electron chi connectivity index (χ1n) is 6.99. The molecule has 0 spiro atoms. The second kappa shape index (κ2) is 6.38. The van der Waals surface area contributed by atoms with Gasteiger partial charge in [0.25, 0.3) is 0 Å². The standard InChI is InChI=1S/C17H14ClFN2O2/c1-23-17(22)15-6-14-12(7-18)10-21(16(14)8-20-15)9-11-2-4-13(19)5-3-11/h2-6,8,10H,7,9H2,1H3. The molecule has 0 aliphatic heterocycles. The Labute approximate surface area is 137 Å². The van der Waals surface area contributed by atoms with Crippen molar-refractivity contribution >= 4 is 28.5 Å². The molecule has 3 rings (SSSR count). The highest BCUT2D eigenvalue weighted by Crippen LogP contribution is 2.24. The molecule has 23 heavy (non-hydrogen) atoms. The van der Waals surface area contributed by atoms with Gasteiger partial charge in [-0.1, -0.05) is 12.1 Å². The number of nitrogens with zero attached hydrogens (tertiary/aromatic N) is 2. The van der Waals surface area contributed by atoms with Crippen LogP contribution in [0.3, 0.4) is 0 Å². The Kier molecular flexibility index (Phi) is 4.30. The van der Waals surface area contributed by atoms with Crippen molar-refractivity contribution in [1.29, 1.82) is 0 Å². The number of hydrogen-bond donors (Lipinski definition) is 0. The zero-order chi connectivity index (χ0) is 16.4. The molecular weight excluding hydrogens is 319 g/mol. The van der Waals surface area contributed by atoms with Crippen molar-refractivity contribution in [2.24, 2.45) is 0 Å². The number of rotatable bonds is 4. The molecule has 6 heteroatoms. The van der Waals surface area contributed by atoms with E-state index < -0.39 is 5.97 Å². The van der Waals surface area contributed by atoms with Gasteiger partial charge in [0, 0.05) is 24.0 Å². The summed E-state index contributed by atoms with van der Waals surface area (Å²) in [6.45, 7) is 0.562. The van der Waals surface area contributed by atoms with Gasteiger partial charge in [-0.2, -0.15) is 0 Å². The van der Waals surface area contributed by atoms with Crippen molar-refractivity contribution in [1.82, 2.24) is 9.55 Å². The predicted octanol–water partition coefficient (Wildman–Crippen LogP) is 3.75. The monoisotopic (exact) mass is 332 g/mol. The maximum Gasteiger partial charge on any atom is 0.356 e. The van der Waals surface area contributed by atoms with E-state index in [0.29, 0.717) is 12.4 Å². The topological polar surface area (TPSA) is 44.1 Å². The summed E-state index contributed by atoms with van der Waals surface area (Å²) in [4.78, 5) is 15.8. The van der Waals surface area contributed by atoms with Gasteiger partial charge in [0.05, 0.1) is 18.8 Å². The fourth-order valence-corrected chi connectivity index (χ4v) is 2.71. The molecular formula is C17H14ClFN2O2. The fourth-order valence-electron chi connectivity index (χ4n) is 2.50. The first kappa shape index (κ1) is 15.5. The van der Waals surface area contributed by atoms with Crippen LogP contribution in [0.5, 0.6) is 0 Å². The minimum Gasteiger partial charge on any atom is -0.464 e. The van der Waals surface area contributed by atoms with Gasteiger partial charge in [0.15, 0.2) is 0 Å². The molecule has 118 valence electrons. The maximum absolute atomic E-state index is 13.0. The van der Waals surface area contributed by atoms with Gasteiger partial charge in [-0.05, 0) is 29.3 Å². The summed E-state index contributed by atoms with van der Waals surface area (Å²) in [7, 11) is 1.32. The quantitative estimate of drug-likeness (QED) is 0.540. The molecule has 0 unspecified atom stereocenters. The van der Waals surface area contributed by atoms with Crippen LogP contribution in [-0.4, -0.2) is 22.6 Å². The predicted molar refractivity (Wildman–Crippen MR) is 86.1 cm³/mol. The van der Waals surface area contributed by atoms with E-state index in [1.165, 1.54) is 19.2 Å². The van der Waals surface area contributed by atoms with E-state index in [1.54, 1.807) is 24.4 Å². The van der Waals surface area contributed by atoms with Gasteiger partial charge in [0.1, 0.15) is 11.5 Å². The summed E-state index contributed by atoms with van der Waals surface area (Å²) in [5.74, 6) is -0.437. The molecule has 0 atom stereocenters. The Hall–Kier alpha value is -2.40. The summed E-state index contributed by atoms with van der Waals surface area (Å²) in [5.41, 5.74) is 2.96. The van der Waals surface area contributed by atoms with E-state index in [4.69, 9.17) is 16.3 Å². The van der Waals surface area contributed by atoms with Gasteiger partial charge in [-0.15, -0.1) is 11.6 Å². The Balaban J connectivity index is 2.04. The van der Waals surface area contributed by atoms with E-state index in [2.05, 4.69) is 4.98 Å². The summed E-state index contributed by atoms with van der Waals surface area (Å²) in [6.07, 6.45) is 3.55. The molecule has 0 fully saturated rings. The molecule has 0 saturated carbocycles. The third kappa shape index (κ3) is 3.05. The minimum atomic E-state index is -0.487. The van der Waals surface area contributed by atoms with Crippen LogP contribution in [0.2, 0.25) is 0 Å². The van der Waals surface area contributed by atoms with Crippen molar-refractivity contribution in [3.05, 3.63) is 65.4 Å². The van der Waals surface area contributed by atoms with E-state index in [-0.39, 0.29) is 11.5 Å². The van der Waals surface area contributed by atoms with Crippen LogP contribution in [0, 0.1) is 5.82 Å². The Morgan fingerprint density at radius 3 is 2.74 bits per heavy atom. The van der Waals surface area contributed by atoms with Crippen LogP contribution in [0.4, 0.5) is 4.39 Å². The largest absolute Gasteiger partial charge is 0.464 e. The molecule has 0 N–H and O–H groups in total. The van der Waals surface area contributed by atoms with Crippen molar-refractivity contribution in [3.63, 3.8) is 0 Å². The van der Waals surface area contributed by atoms with Gasteiger partial charge >= 0.3 is 5.97 Å². The fraction of sp³-hybridized carbons (Fsp3) is 0.176. The smallest absolute Gasteiger partial charge is 0.356 e. The lowest BCUT2D eigenvalue weighted by Gasteiger charge is -2.06. The highest BCUT2D eigenvalue weighted by Gasteiger charge is 2.13. The van der Waals surface area contributed by atoms with Gasteiger partial charge in [-0.3, -0.25) is 0 Å². The zero-order valence-corrected chi connectivity index (χ0v) is 13.2. The minimum absolute atomic E-state index is 0.242. The van der Waals surface area contributed by atoms with E-state index in [9.17, 15) is 9.18 Å². The number of esters is 1. The number of carbonyl (C=O) groups is 1. The second-order valence-corrected chi connectivity index (χ2v) is 5.39. The summed E-state index contributed by atoms with van der Waals surface area (Å²) in [6, 6.07) is 8.00. The molecule has 4 nitrogen and oxygen atoms in total. The van der Waals surface area contributed by atoms with Crippen LogP contribution in [-0.2, 0) is 17.2 Å². The average Bonchev–Trinajstić information content (AvgIpc) is 2.93. The highest BCUT2D eigenvalue weighted by atomic mass is 35.5. The third-order valence-corrected chi connectivity index (χ3v) is 3.94. The number of halogens is 2. The molecule has 0 saturated heterocycles. The second-order valence-electron chi connectivity index (χ2n) is 5.12. The van der Waals surface area contributed by atoms with E-state index in [0.717, 1.165) is 22.0 Å². The lowest BCUT2D eigenvalue weighted by molar-refractivity contribution is 0.0594. The number of carbonyl (C=O) groups excluding carboxylic acids is 1. The summed E-state index contributed by atoms with van der Waals surface area (Å²) < 4.78 is 19.7. The van der Waals surface area contributed by atoms with Crippen LogP contribution >= 0.6 is 11.6 Å². The van der Waals surface area contributed by atoms with E-state index in [1.807, 2.05) is 10.8 Å². The number of hydrogen-bond acceptors (Lipinski definition) is 3. The third-order valence-electron chi connectivity index (χ3n) is 3.65. The molecule has 0 aliphatic rings. The summed E-state index contributed by atoms with van der Waals surface area (Å²) in [5, 5.41) is 0.859. The molecule has 0 aliphatic carbocycles. The number of pyridine rings is 1. The molecule has 2 heterocycles. The van der Waals surface area contributed by atoms with Crippen LogP contribution in [0.15, 0.2) is 42.7 Å². The lowest BCUT2D eigenvalue weighted by Crippen LogP contribution is -2.04. The highest BCUT2D eigenvalue weighted by molar-refractivity contribution is 6.18. The van der Waals surface area contributed by atoms with Crippen molar-refractivity contribution in [3.8, 4) is 0 Å². The van der Waals surface area contributed by atoms with Gasteiger partial charge in [0.2, 0.25) is 0 Å². The molecule has 0 radical (unpaired) electrons. The molecule has 3 aromatic rings. The number of ether oxygens (including phenoxy) is 1. The molecule has 1 aromatic carbocycles. The van der Waals surface area contributed by atoms with E-state index >= 15 is 0 Å². The van der Waals surface area contributed by atoms with Gasteiger partial charge in [-0.25, -0.2) is 14.2 Å². The van der Waals surface area contributed by atoms with Crippen molar-refractivity contribution < 1.29 is 13.9 Å². The lowest BCUT2D eigenvalue weighted by atomic mass is 10.2.